The maximum atomic E-state index is 11.9. The molecule has 0 aromatic heterocycles. The number of hydrogen-bond donors (Lipinski definition) is 1. The molecular weight excluding hydrogens is 178 g/mol. The maximum Gasteiger partial charge on any atom is 0.254 e. The highest BCUT2D eigenvalue weighted by Gasteiger charge is 2.38. The smallest absolute Gasteiger partial charge is 0.254 e. The van der Waals surface area contributed by atoms with Gasteiger partial charge in [-0.1, -0.05) is 13.8 Å². The van der Waals surface area contributed by atoms with Crippen molar-refractivity contribution in [1.82, 2.24) is 4.90 Å². The number of amides is 1. The summed E-state index contributed by atoms with van der Waals surface area (Å²) >= 11 is 0. The molecule has 1 saturated carbocycles. The maximum absolute atomic E-state index is 11.9. The van der Waals surface area contributed by atoms with Crippen molar-refractivity contribution in [3.8, 4) is 0 Å². The molecule has 1 N–H and O–H groups in total. The normalized spacial score (nSPS) is 17.3. The molecule has 1 amide bonds. The standard InChI is InChI=1S/C11H21NO2/c1-8(2)7-12(9-5-6-9)10(13)11(3,4)14/h8-9,14H,5-7H2,1-4H3. The third kappa shape index (κ3) is 2.98. The van der Waals surface area contributed by atoms with E-state index in [4.69, 9.17) is 0 Å². The Morgan fingerprint density at radius 3 is 2.29 bits per heavy atom. The fraction of sp³-hybridized carbons (Fsp3) is 0.909. The molecule has 0 unspecified atom stereocenters. The van der Waals surface area contributed by atoms with Crippen LogP contribution in [0.1, 0.15) is 40.5 Å². The predicted octanol–water partition coefficient (Wildman–Crippen LogP) is 1.40. The molecule has 0 atom stereocenters. The van der Waals surface area contributed by atoms with Crippen LogP contribution in [0.5, 0.6) is 0 Å². The van der Waals surface area contributed by atoms with Crippen LogP contribution in [0.3, 0.4) is 0 Å². The molecule has 0 saturated heterocycles. The van der Waals surface area contributed by atoms with Gasteiger partial charge in [0.2, 0.25) is 0 Å². The first-order valence-corrected chi connectivity index (χ1v) is 5.36. The summed E-state index contributed by atoms with van der Waals surface area (Å²) in [5, 5.41) is 9.65. The average molecular weight is 199 g/mol. The number of rotatable bonds is 4. The fourth-order valence-electron chi connectivity index (χ4n) is 1.53. The minimum atomic E-state index is -1.22. The van der Waals surface area contributed by atoms with Crippen molar-refractivity contribution < 1.29 is 9.90 Å². The van der Waals surface area contributed by atoms with Gasteiger partial charge in [-0.25, -0.2) is 0 Å². The highest BCUT2D eigenvalue weighted by atomic mass is 16.3. The van der Waals surface area contributed by atoms with E-state index in [0.29, 0.717) is 12.0 Å². The lowest BCUT2D eigenvalue weighted by atomic mass is 10.1. The zero-order valence-electron chi connectivity index (χ0n) is 9.58. The van der Waals surface area contributed by atoms with Crippen molar-refractivity contribution in [1.29, 1.82) is 0 Å². The molecular formula is C11H21NO2. The van der Waals surface area contributed by atoms with Crippen LogP contribution >= 0.6 is 0 Å². The van der Waals surface area contributed by atoms with Gasteiger partial charge in [-0.05, 0) is 32.6 Å². The van der Waals surface area contributed by atoms with Gasteiger partial charge in [0.05, 0.1) is 0 Å². The number of nitrogens with zero attached hydrogens (tertiary/aromatic N) is 1. The van der Waals surface area contributed by atoms with E-state index in [1.165, 1.54) is 0 Å². The van der Waals surface area contributed by atoms with E-state index >= 15 is 0 Å². The van der Waals surface area contributed by atoms with Gasteiger partial charge >= 0.3 is 0 Å². The number of aliphatic hydroxyl groups is 1. The minimum absolute atomic E-state index is 0.131. The van der Waals surface area contributed by atoms with Gasteiger partial charge in [-0.3, -0.25) is 4.79 Å². The topological polar surface area (TPSA) is 40.5 Å². The molecule has 0 bridgehead atoms. The molecule has 0 spiro atoms. The highest BCUT2D eigenvalue weighted by molar-refractivity contribution is 5.84. The molecule has 1 aliphatic carbocycles. The van der Waals surface area contributed by atoms with E-state index < -0.39 is 5.60 Å². The Bertz CT molecular complexity index is 214. The summed E-state index contributed by atoms with van der Waals surface area (Å²) in [6.07, 6.45) is 2.18. The third-order valence-electron chi connectivity index (χ3n) is 2.33. The minimum Gasteiger partial charge on any atom is -0.381 e. The summed E-state index contributed by atoms with van der Waals surface area (Å²) in [6, 6.07) is 0.385. The second-order valence-corrected chi connectivity index (χ2v) is 5.14. The van der Waals surface area contributed by atoms with Crippen molar-refractivity contribution >= 4 is 5.91 Å². The van der Waals surface area contributed by atoms with Crippen LogP contribution < -0.4 is 0 Å². The molecule has 1 rings (SSSR count). The zero-order chi connectivity index (χ0) is 10.9. The third-order valence-corrected chi connectivity index (χ3v) is 2.33. The number of hydrogen-bond acceptors (Lipinski definition) is 2. The van der Waals surface area contributed by atoms with E-state index in [9.17, 15) is 9.90 Å². The summed E-state index contributed by atoms with van der Waals surface area (Å²) in [6.45, 7) is 8.06. The molecule has 1 aliphatic rings. The Kier molecular flexibility index (Phi) is 3.20. The summed E-state index contributed by atoms with van der Waals surface area (Å²) in [5.74, 6) is 0.329. The van der Waals surface area contributed by atoms with Gasteiger partial charge in [0, 0.05) is 12.6 Å². The van der Waals surface area contributed by atoms with Gasteiger partial charge in [0.1, 0.15) is 5.60 Å². The number of carbonyl (C=O) groups excluding carboxylic acids is 1. The monoisotopic (exact) mass is 199 g/mol. The largest absolute Gasteiger partial charge is 0.381 e. The van der Waals surface area contributed by atoms with Crippen molar-refractivity contribution in [2.24, 2.45) is 5.92 Å². The molecule has 0 aromatic rings. The summed E-state index contributed by atoms with van der Waals surface area (Å²) in [5.41, 5.74) is -1.22. The summed E-state index contributed by atoms with van der Waals surface area (Å²) < 4.78 is 0. The first kappa shape index (κ1) is 11.5. The predicted molar refractivity (Wildman–Crippen MR) is 55.9 cm³/mol. The molecule has 3 nitrogen and oxygen atoms in total. The van der Waals surface area contributed by atoms with Gasteiger partial charge in [-0.2, -0.15) is 0 Å². The molecule has 0 heterocycles. The molecule has 82 valence electrons. The van der Waals surface area contributed by atoms with Gasteiger partial charge in [0.15, 0.2) is 0 Å². The summed E-state index contributed by atoms with van der Waals surface area (Å²) in [7, 11) is 0. The van der Waals surface area contributed by atoms with Crippen molar-refractivity contribution in [2.45, 2.75) is 52.2 Å². The second kappa shape index (κ2) is 3.89. The van der Waals surface area contributed by atoms with E-state index in [-0.39, 0.29) is 5.91 Å². The fourth-order valence-corrected chi connectivity index (χ4v) is 1.53. The second-order valence-electron chi connectivity index (χ2n) is 5.14. The van der Waals surface area contributed by atoms with Gasteiger partial charge in [0.25, 0.3) is 5.91 Å². The quantitative estimate of drug-likeness (QED) is 0.743. The van der Waals surface area contributed by atoms with Crippen LogP contribution in [-0.2, 0) is 4.79 Å². The summed E-state index contributed by atoms with van der Waals surface area (Å²) in [4.78, 5) is 13.7. The first-order valence-electron chi connectivity index (χ1n) is 5.36. The van der Waals surface area contributed by atoms with Gasteiger partial charge in [-0.15, -0.1) is 0 Å². The molecule has 0 radical (unpaired) electrons. The van der Waals surface area contributed by atoms with Crippen LogP contribution in [0, 0.1) is 5.92 Å². The van der Waals surface area contributed by atoms with E-state index in [0.717, 1.165) is 19.4 Å². The van der Waals surface area contributed by atoms with Crippen LogP contribution in [0.4, 0.5) is 0 Å². The average Bonchev–Trinajstić information content (AvgIpc) is 2.79. The van der Waals surface area contributed by atoms with Crippen molar-refractivity contribution in [2.75, 3.05) is 6.54 Å². The van der Waals surface area contributed by atoms with E-state index in [1.54, 1.807) is 13.8 Å². The zero-order valence-corrected chi connectivity index (χ0v) is 9.58. The SMILES string of the molecule is CC(C)CN(C(=O)C(C)(C)O)C1CC1. The molecule has 14 heavy (non-hydrogen) atoms. The lowest BCUT2D eigenvalue weighted by Gasteiger charge is -2.30. The first-order chi connectivity index (χ1) is 6.32. The Morgan fingerprint density at radius 2 is 2.00 bits per heavy atom. The molecule has 0 aromatic carbocycles. The molecule has 3 heteroatoms. The van der Waals surface area contributed by atoms with E-state index in [1.807, 2.05) is 4.90 Å². The van der Waals surface area contributed by atoms with Crippen LogP contribution in [0.25, 0.3) is 0 Å². The Balaban J connectivity index is 2.62. The van der Waals surface area contributed by atoms with Gasteiger partial charge < -0.3 is 10.0 Å². The van der Waals surface area contributed by atoms with Crippen LogP contribution in [-0.4, -0.2) is 34.1 Å². The molecule has 1 fully saturated rings. The van der Waals surface area contributed by atoms with E-state index in [2.05, 4.69) is 13.8 Å². The highest BCUT2D eigenvalue weighted by Crippen LogP contribution is 2.29. The van der Waals surface area contributed by atoms with Crippen LogP contribution in [0.15, 0.2) is 0 Å². The number of carbonyl (C=O) groups is 1. The Hall–Kier alpha value is -0.570. The van der Waals surface area contributed by atoms with Crippen molar-refractivity contribution in [3.05, 3.63) is 0 Å². The van der Waals surface area contributed by atoms with Crippen molar-refractivity contribution in [3.63, 3.8) is 0 Å². The molecule has 0 aliphatic heterocycles. The lowest BCUT2D eigenvalue weighted by Crippen LogP contribution is -2.47. The van der Waals surface area contributed by atoms with Crippen LogP contribution in [0.2, 0.25) is 0 Å². The Labute approximate surface area is 86.1 Å². The lowest BCUT2D eigenvalue weighted by molar-refractivity contribution is -0.149. The Morgan fingerprint density at radius 1 is 1.50 bits per heavy atom.